The molecule has 0 saturated heterocycles. The Morgan fingerprint density at radius 3 is 2.44 bits per heavy atom. The third kappa shape index (κ3) is 3.25. The summed E-state index contributed by atoms with van der Waals surface area (Å²) in [4.78, 5) is 11.5. The van der Waals surface area contributed by atoms with Crippen LogP contribution in [0.5, 0.6) is 0 Å². The fourth-order valence-electron chi connectivity index (χ4n) is 3.06. The van der Waals surface area contributed by atoms with E-state index in [1.165, 1.54) is 4.31 Å². The van der Waals surface area contributed by atoms with Crippen LogP contribution in [0.25, 0.3) is 0 Å². The first-order valence-corrected chi connectivity index (χ1v) is 9.37. The Labute approximate surface area is 147 Å². The summed E-state index contributed by atoms with van der Waals surface area (Å²) in [6.07, 6.45) is 3.79. The van der Waals surface area contributed by atoms with E-state index in [-0.39, 0.29) is 17.0 Å². The summed E-state index contributed by atoms with van der Waals surface area (Å²) in [5, 5.41) is 9.31. The van der Waals surface area contributed by atoms with E-state index in [1.807, 2.05) is 36.9 Å². The number of carboxylic acid groups (broad SMARTS) is 1. The van der Waals surface area contributed by atoms with Crippen molar-refractivity contribution >= 4 is 16.0 Å². The van der Waals surface area contributed by atoms with Gasteiger partial charge in [0.05, 0.1) is 10.9 Å². The fourth-order valence-corrected chi connectivity index (χ4v) is 4.64. The highest BCUT2D eigenvalue weighted by Gasteiger charge is 2.37. The minimum absolute atomic E-state index is 0.0983. The Kier molecular flexibility index (Phi) is 4.53. The van der Waals surface area contributed by atoms with E-state index in [4.69, 9.17) is 0 Å². The van der Waals surface area contributed by atoms with Gasteiger partial charge in [-0.3, -0.25) is 0 Å². The molecule has 2 heterocycles. The van der Waals surface area contributed by atoms with Gasteiger partial charge in [0, 0.05) is 31.1 Å². The van der Waals surface area contributed by atoms with E-state index in [0.29, 0.717) is 6.42 Å². The highest BCUT2D eigenvalue weighted by Crippen LogP contribution is 2.35. The van der Waals surface area contributed by atoms with Crippen molar-refractivity contribution in [3.05, 3.63) is 65.5 Å². The Bertz CT molecular complexity index is 926. The number of hydrogen-bond acceptors (Lipinski definition) is 3. The second-order valence-electron chi connectivity index (χ2n) is 6.19. The van der Waals surface area contributed by atoms with E-state index in [0.717, 1.165) is 11.3 Å². The zero-order chi connectivity index (χ0) is 18.2. The molecule has 0 spiro atoms. The van der Waals surface area contributed by atoms with Crippen LogP contribution in [0.15, 0.2) is 59.1 Å². The lowest BCUT2D eigenvalue weighted by Crippen LogP contribution is -2.40. The first-order chi connectivity index (χ1) is 11.8. The van der Waals surface area contributed by atoms with Crippen LogP contribution in [-0.2, 0) is 21.9 Å². The molecule has 25 heavy (non-hydrogen) atoms. The topological polar surface area (TPSA) is 79.6 Å². The maximum atomic E-state index is 13.2. The molecule has 0 amide bonds. The van der Waals surface area contributed by atoms with Crippen molar-refractivity contribution in [2.24, 2.45) is 7.05 Å². The van der Waals surface area contributed by atoms with Crippen LogP contribution in [0.1, 0.15) is 23.7 Å². The van der Waals surface area contributed by atoms with Crippen LogP contribution in [0.3, 0.4) is 0 Å². The molecule has 0 saturated carbocycles. The molecule has 0 aliphatic carbocycles. The number of nitrogens with zero attached hydrogens (tertiary/aromatic N) is 2. The number of aliphatic carboxylic acids is 1. The number of benzene rings is 1. The largest absolute Gasteiger partial charge is 0.478 e. The van der Waals surface area contributed by atoms with Crippen molar-refractivity contribution in [3.63, 3.8) is 0 Å². The molecule has 1 atom stereocenters. The highest BCUT2D eigenvalue weighted by molar-refractivity contribution is 7.89. The lowest BCUT2D eigenvalue weighted by Gasteiger charge is -2.34. The third-order valence-electron chi connectivity index (χ3n) is 4.49. The Morgan fingerprint density at radius 1 is 1.20 bits per heavy atom. The van der Waals surface area contributed by atoms with Crippen molar-refractivity contribution in [2.75, 3.05) is 6.54 Å². The SMILES string of the molecule is Cc1ccc(S(=O)(=O)N2CC(C(=O)O)=CCC2c2cccn2C)cc1. The number of carboxylic acids is 1. The van der Waals surface area contributed by atoms with Crippen LogP contribution in [0.4, 0.5) is 0 Å². The number of rotatable bonds is 4. The molecule has 1 aromatic carbocycles. The zero-order valence-corrected chi connectivity index (χ0v) is 14.9. The maximum Gasteiger partial charge on any atom is 0.332 e. The summed E-state index contributed by atoms with van der Waals surface area (Å²) >= 11 is 0. The smallest absolute Gasteiger partial charge is 0.332 e. The van der Waals surface area contributed by atoms with E-state index in [9.17, 15) is 18.3 Å². The zero-order valence-electron chi connectivity index (χ0n) is 14.1. The molecule has 0 radical (unpaired) electrons. The van der Waals surface area contributed by atoms with Gasteiger partial charge in [0.1, 0.15) is 0 Å². The van der Waals surface area contributed by atoms with Gasteiger partial charge in [0.2, 0.25) is 10.0 Å². The van der Waals surface area contributed by atoms with Gasteiger partial charge in [-0.05, 0) is 37.6 Å². The van der Waals surface area contributed by atoms with Gasteiger partial charge in [0.15, 0.2) is 0 Å². The van der Waals surface area contributed by atoms with Crippen molar-refractivity contribution in [3.8, 4) is 0 Å². The summed E-state index contributed by atoms with van der Waals surface area (Å²) in [5.41, 5.74) is 1.89. The second-order valence-corrected chi connectivity index (χ2v) is 8.08. The summed E-state index contributed by atoms with van der Waals surface area (Å²) in [6, 6.07) is 9.88. The summed E-state index contributed by atoms with van der Waals surface area (Å²) in [6.45, 7) is 1.73. The number of carbonyl (C=O) groups is 1. The normalized spacial score (nSPS) is 18.8. The van der Waals surface area contributed by atoms with Crippen molar-refractivity contribution in [2.45, 2.75) is 24.3 Å². The predicted octanol–water partition coefficient (Wildman–Crippen LogP) is 2.48. The van der Waals surface area contributed by atoms with Crippen LogP contribution >= 0.6 is 0 Å². The van der Waals surface area contributed by atoms with E-state index >= 15 is 0 Å². The van der Waals surface area contributed by atoms with Crippen molar-refractivity contribution < 1.29 is 18.3 Å². The fraction of sp³-hybridized carbons (Fsp3) is 0.278. The van der Waals surface area contributed by atoms with Gasteiger partial charge in [-0.25, -0.2) is 13.2 Å². The van der Waals surface area contributed by atoms with Gasteiger partial charge < -0.3 is 9.67 Å². The summed E-state index contributed by atoms with van der Waals surface area (Å²) < 4.78 is 29.5. The van der Waals surface area contributed by atoms with Crippen LogP contribution in [0.2, 0.25) is 0 Å². The molecule has 0 fully saturated rings. The minimum atomic E-state index is -3.82. The molecule has 1 aliphatic heterocycles. The number of aryl methyl sites for hydroxylation is 2. The third-order valence-corrected chi connectivity index (χ3v) is 6.36. The lowest BCUT2D eigenvalue weighted by molar-refractivity contribution is -0.133. The van der Waals surface area contributed by atoms with Gasteiger partial charge in [-0.1, -0.05) is 23.8 Å². The molecule has 0 bridgehead atoms. The van der Waals surface area contributed by atoms with Crippen molar-refractivity contribution in [1.29, 1.82) is 0 Å². The molecular weight excluding hydrogens is 340 g/mol. The van der Waals surface area contributed by atoms with Gasteiger partial charge in [-0.2, -0.15) is 4.31 Å². The van der Waals surface area contributed by atoms with Crippen molar-refractivity contribution in [1.82, 2.24) is 8.87 Å². The molecule has 1 N–H and O–H groups in total. The number of aromatic nitrogens is 1. The average Bonchev–Trinajstić information content (AvgIpc) is 3.00. The van der Waals surface area contributed by atoms with Crippen LogP contribution < -0.4 is 0 Å². The van der Waals surface area contributed by atoms with E-state index in [1.54, 1.807) is 30.3 Å². The molecule has 2 aromatic rings. The van der Waals surface area contributed by atoms with Crippen LogP contribution in [-0.4, -0.2) is 34.9 Å². The molecule has 1 unspecified atom stereocenters. The second kappa shape index (κ2) is 6.50. The standard InChI is InChI=1S/C18H20N2O4S/c1-13-5-8-15(9-6-13)25(23,24)20-12-14(18(21)22)7-10-17(20)16-4-3-11-19(16)2/h3-9,11,17H,10,12H2,1-2H3,(H,21,22). The Balaban J connectivity index is 2.08. The Morgan fingerprint density at radius 2 is 1.88 bits per heavy atom. The van der Waals surface area contributed by atoms with E-state index < -0.39 is 22.0 Å². The molecule has 6 nitrogen and oxygen atoms in total. The molecular formula is C18H20N2O4S. The highest BCUT2D eigenvalue weighted by atomic mass is 32.2. The summed E-state index contributed by atoms with van der Waals surface area (Å²) in [5.74, 6) is -1.09. The van der Waals surface area contributed by atoms with Gasteiger partial charge in [-0.15, -0.1) is 0 Å². The average molecular weight is 360 g/mol. The molecule has 7 heteroatoms. The number of hydrogen-bond donors (Lipinski definition) is 1. The molecule has 3 rings (SSSR count). The Hall–Kier alpha value is -2.38. The molecule has 1 aromatic heterocycles. The monoisotopic (exact) mass is 360 g/mol. The maximum absolute atomic E-state index is 13.2. The lowest BCUT2D eigenvalue weighted by atomic mass is 10.0. The first-order valence-electron chi connectivity index (χ1n) is 7.93. The summed E-state index contributed by atoms with van der Waals surface area (Å²) in [7, 11) is -1.97. The molecule has 1 aliphatic rings. The van der Waals surface area contributed by atoms with Gasteiger partial charge >= 0.3 is 5.97 Å². The van der Waals surface area contributed by atoms with Gasteiger partial charge in [0.25, 0.3) is 0 Å². The van der Waals surface area contributed by atoms with E-state index in [2.05, 4.69) is 0 Å². The predicted molar refractivity (Wildman–Crippen MR) is 93.6 cm³/mol. The quantitative estimate of drug-likeness (QED) is 0.908. The first kappa shape index (κ1) is 17.4. The van der Waals surface area contributed by atoms with Crippen LogP contribution in [0, 0.1) is 6.92 Å². The molecule has 132 valence electrons. The minimum Gasteiger partial charge on any atom is -0.478 e. The number of sulfonamides is 1.